The number of ether oxygens (including phenoxy) is 1. The van der Waals surface area contributed by atoms with Crippen LogP contribution in [0.2, 0.25) is 0 Å². The van der Waals surface area contributed by atoms with Crippen molar-refractivity contribution in [1.82, 2.24) is 0 Å². The second kappa shape index (κ2) is 14.7. The van der Waals surface area contributed by atoms with E-state index in [2.05, 4.69) is 4.99 Å². The van der Waals surface area contributed by atoms with Crippen molar-refractivity contribution in [2.75, 3.05) is 6.61 Å². The van der Waals surface area contributed by atoms with Crippen LogP contribution in [0.15, 0.2) is 89.4 Å². The fourth-order valence-electron chi connectivity index (χ4n) is 6.49. The van der Waals surface area contributed by atoms with Crippen LogP contribution in [0, 0.1) is 5.92 Å². The Morgan fingerprint density at radius 1 is 1.00 bits per heavy atom. The van der Waals surface area contributed by atoms with Gasteiger partial charge in [0.1, 0.15) is 17.6 Å². The molecule has 7 N–H and O–H groups in total. The third kappa shape index (κ3) is 8.10. The predicted octanol–water partition coefficient (Wildman–Crippen LogP) is 0.688. The molecule has 0 fully saturated rings. The molecule has 3 aromatic carbocycles. The Morgan fingerprint density at radius 3 is 2.27 bits per heavy atom. The van der Waals surface area contributed by atoms with Crippen molar-refractivity contribution in [2.45, 2.75) is 61.5 Å². The second-order valence-corrected chi connectivity index (χ2v) is 13.1. The van der Waals surface area contributed by atoms with Gasteiger partial charge in [-0.3, -0.25) is 0 Å². The standard InChI is InChI=1S/C33H39N3O7S.Na/c34-32(35)36-33(18-1-19-37)25-10-5-22(6-11-25)28-16-9-24(31(39)23-7-12-26(38)13-8-23)20-29(28)30(44(40,41)42)17-4-21-2-14-27(43-33)15-3-21;/h2-3,5-8,10-15,20,28-31,37-39H,1,4,9,16-19H2,(H4,34,35,36)(H,40,41,42);/q;+1/p-1. The van der Waals surface area contributed by atoms with Gasteiger partial charge >= 0.3 is 29.6 Å². The van der Waals surface area contributed by atoms with Crippen LogP contribution >= 0.6 is 0 Å². The molecule has 0 aromatic heterocycles. The number of hydrogen-bond acceptors (Lipinski definition) is 8. The maximum atomic E-state index is 12.9. The molecule has 4 aliphatic heterocycles. The minimum Gasteiger partial charge on any atom is -0.748 e. The van der Waals surface area contributed by atoms with Crippen molar-refractivity contribution in [3.05, 3.63) is 107 Å². The number of aliphatic hydroxyl groups is 2. The average molecular weight is 644 g/mol. The Hall–Kier alpha value is -2.90. The largest absolute Gasteiger partial charge is 1.00 e. The van der Waals surface area contributed by atoms with Crippen LogP contribution in [0.25, 0.3) is 0 Å². The zero-order valence-corrected chi connectivity index (χ0v) is 28.1. The first kappa shape index (κ1) is 35.0. The van der Waals surface area contributed by atoms with Crippen molar-refractivity contribution in [3.63, 3.8) is 0 Å². The quantitative estimate of drug-likeness (QED) is 0.0810. The molecule has 45 heavy (non-hydrogen) atoms. The Labute approximate surface area is 285 Å². The van der Waals surface area contributed by atoms with E-state index in [0.29, 0.717) is 48.1 Å². The van der Waals surface area contributed by atoms with Crippen LogP contribution in [0.4, 0.5) is 0 Å². The van der Waals surface area contributed by atoms with E-state index in [-0.39, 0.29) is 66.6 Å². The number of aliphatic hydroxyl groups excluding tert-OH is 2. The van der Waals surface area contributed by atoms with Crippen molar-refractivity contribution >= 4 is 16.1 Å². The van der Waals surface area contributed by atoms with Gasteiger partial charge in [-0.25, -0.2) is 13.4 Å². The van der Waals surface area contributed by atoms with Gasteiger partial charge in [-0.05, 0) is 90.5 Å². The number of guanidine groups is 1. The van der Waals surface area contributed by atoms with Gasteiger partial charge < -0.3 is 36.1 Å². The summed E-state index contributed by atoms with van der Waals surface area (Å²) in [5, 5.41) is 29.3. The SMILES string of the molecule is NC(N)=NC1(CCCO)Oc2ccc(cc2)CCC(S(=O)(=O)[O-])C2C=C(C(O)c3ccc(O)cc3)CCC2c2ccc1cc2.[Na+]. The summed E-state index contributed by atoms with van der Waals surface area (Å²) in [6.45, 7) is -0.0956. The van der Waals surface area contributed by atoms with E-state index < -0.39 is 33.1 Å². The van der Waals surface area contributed by atoms with Crippen LogP contribution in [0.1, 0.15) is 66.4 Å². The summed E-state index contributed by atoms with van der Waals surface area (Å²) in [5.41, 5.74) is 13.9. The second-order valence-electron chi connectivity index (χ2n) is 11.5. The molecule has 5 unspecified atom stereocenters. The van der Waals surface area contributed by atoms with E-state index in [1.54, 1.807) is 30.3 Å². The fraction of sp³-hybridized carbons (Fsp3) is 0.364. The van der Waals surface area contributed by atoms with Gasteiger partial charge in [-0.1, -0.05) is 54.6 Å². The molecular formula is C33H38N3NaO7S. The van der Waals surface area contributed by atoms with Gasteiger partial charge in [0, 0.05) is 18.6 Å². The molecule has 8 rings (SSSR count). The minimum atomic E-state index is -4.74. The first-order valence-electron chi connectivity index (χ1n) is 14.7. The molecule has 0 radical (unpaired) electrons. The van der Waals surface area contributed by atoms with Crippen LogP contribution in [-0.4, -0.2) is 46.1 Å². The molecule has 5 atom stereocenters. The molecule has 4 bridgehead atoms. The van der Waals surface area contributed by atoms with Gasteiger partial charge in [-0.15, -0.1) is 0 Å². The molecule has 1 aliphatic carbocycles. The van der Waals surface area contributed by atoms with Crippen LogP contribution in [0.5, 0.6) is 11.5 Å². The van der Waals surface area contributed by atoms with Crippen molar-refractivity contribution in [2.24, 2.45) is 22.4 Å². The zero-order valence-electron chi connectivity index (χ0n) is 25.2. The van der Waals surface area contributed by atoms with E-state index in [1.165, 1.54) is 12.1 Å². The van der Waals surface area contributed by atoms with E-state index in [4.69, 9.17) is 16.2 Å². The minimum absolute atomic E-state index is 0. The summed E-state index contributed by atoms with van der Waals surface area (Å²) in [4.78, 5) is 4.50. The number of nitrogens with two attached hydrogens (primary N) is 2. The van der Waals surface area contributed by atoms with E-state index >= 15 is 0 Å². The van der Waals surface area contributed by atoms with E-state index in [9.17, 15) is 28.3 Å². The molecule has 0 saturated heterocycles. The Morgan fingerprint density at radius 2 is 1.67 bits per heavy atom. The average Bonchev–Trinajstić information content (AvgIpc) is 3.00. The fourth-order valence-corrected chi connectivity index (χ4v) is 7.55. The molecular weight excluding hydrogens is 605 g/mol. The molecule has 0 amide bonds. The number of rotatable bonds is 7. The molecule has 234 valence electrons. The number of phenolic OH excluding ortho intramolecular Hbond substituents is 1. The summed E-state index contributed by atoms with van der Waals surface area (Å²) >= 11 is 0. The monoisotopic (exact) mass is 643 g/mol. The Bertz CT molecular complexity index is 1610. The number of hydrogen-bond donors (Lipinski definition) is 5. The molecule has 0 saturated carbocycles. The normalized spacial score (nSPS) is 23.7. The molecule has 10 nitrogen and oxygen atoms in total. The Kier molecular flexibility index (Phi) is 11.4. The van der Waals surface area contributed by atoms with E-state index in [1.807, 2.05) is 36.4 Å². The Balaban J connectivity index is 0.00000461. The maximum absolute atomic E-state index is 12.9. The van der Waals surface area contributed by atoms with Crippen LogP contribution < -0.4 is 45.8 Å². The number of nitrogens with zero attached hydrogens (tertiary/aromatic N) is 1. The molecule has 5 aliphatic rings. The first-order chi connectivity index (χ1) is 21.0. The van der Waals surface area contributed by atoms with Crippen molar-refractivity contribution < 1.29 is 62.6 Å². The summed E-state index contributed by atoms with van der Waals surface area (Å²) in [6.07, 6.45) is 2.82. The van der Waals surface area contributed by atoms with Gasteiger partial charge in [0.15, 0.2) is 5.96 Å². The molecule has 12 heteroatoms. The van der Waals surface area contributed by atoms with Gasteiger partial charge in [-0.2, -0.15) is 0 Å². The third-order valence-electron chi connectivity index (χ3n) is 8.68. The van der Waals surface area contributed by atoms with Crippen LogP contribution in [-0.2, 0) is 22.3 Å². The van der Waals surface area contributed by atoms with Crippen molar-refractivity contribution in [3.8, 4) is 11.5 Å². The van der Waals surface area contributed by atoms with Gasteiger partial charge in [0.2, 0.25) is 5.72 Å². The smallest absolute Gasteiger partial charge is 0.748 e. The predicted molar refractivity (Wildman–Crippen MR) is 166 cm³/mol. The topological polar surface area (TPSA) is 192 Å². The first-order valence-corrected chi connectivity index (χ1v) is 16.2. The number of benzene rings is 3. The number of aryl methyl sites for hydroxylation is 1. The van der Waals surface area contributed by atoms with Crippen LogP contribution in [0.3, 0.4) is 0 Å². The number of aromatic hydroxyl groups is 1. The third-order valence-corrected chi connectivity index (χ3v) is 9.97. The van der Waals surface area contributed by atoms with Gasteiger partial charge in [0.05, 0.1) is 15.4 Å². The molecule has 3 aromatic rings. The summed E-state index contributed by atoms with van der Waals surface area (Å²) in [5.74, 6) is -0.650. The summed E-state index contributed by atoms with van der Waals surface area (Å²) in [6, 6.07) is 20.7. The zero-order chi connectivity index (χ0) is 31.5. The van der Waals surface area contributed by atoms with Gasteiger partial charge in [0.25, 0.3) is 0 Å². The maximum Gasteiger partial charge on any atom is 1.00 e. The summed E-state index contributed by atoms with van der Waals surface area (Å²) in [7, 11) is -4.74. The number of phenols is 1. The molecule has 4 heterocycles. The van der Waals surface area contributed by atoms with Crippen molar-refractivity contribution in [1.29, 1.82) is 0 Å². The molecule has 0 spiro atoms. The number of allylic oxidation sites excluding steroid dienone is 1. The summed E-state index contributed by atoms with van der Waals surface area (Å²) < 4.78 is 45.0. The number of aliphatic imine (C=N–C) groups is 1. The van der Waals surface area contributed by atoms with E-state index in [0.717, 1.165) is 11.1 Å².